The number of para-hydroxylation sites is 2. The molecule has 0 atom stereocenters. The summed E-state index contributed by atoms with van der Waals surface area (Å²) in [6, 6.07) is 7.75. The average molecular weight is 284 g/mol. The van der Waals surface area contributed by atoms with Crippen molar-refractivity contribution in [2.75, 3.05) is 24.2 Å². The number of benzene rings is 1. The minimum atomic E-state index is 0.355. The zero-order chi connectivity index (χ0) is 15.6. The Kier molecular flexibility index (Phi) is 4.07. The minimum Gasteiger partial charge on any atom is -0.281 e. The lowest BCUT2D eigenvalue weighted by Crippen LogP contribution is -2.51. The van der Waals surface area contributed by atoms with Crippen LogP contribution in [0.4, 0.5) is 11.4 Å². The molecule has 1 N–H and O–H groups in total. The summed E-state index contributed by atoms with van der Waals surface area (Å²) in [6.45, 7) is 7.35. The van der Waals surface area contributed by atoms with E-state index in [2.05, 4.69) is 16.7 Å². The van der Waals surface area contributed by atoms with Crippen LogP contribution in [-0.4, -0.2) is 30.5 Å². The van der Waals surface area contributed by atoms with Crippen LogP contribution in [-0.2, 0) is 0 Å². The molecule has 0 fully saturated rings. The van der Waals surface area contributed by atoms with E-state index in [-0.39, 0.29) is 0 Å². The highest BCUT2D eigenvalue weighted by molar-refractivity contribution is 5.69. The van der Waals surface area contributed by atoms with E-state index >= 15 is 0 Å². The molecule has 0 unspecified atom stereocenters. The molecule has 0 bridgehead atoms. The van der Waals surface area contributed by atoms with E-state index in [4.69, 9.17) is 5.41 Å². The molecule has 6 heteroatoms. The van der Waals surface area contributed by atoms with E-state index in [0.29, 0.717) is 11.2 Å². The van der Waals surface area contributed by atoms with E-state index < -0.39 is 0 Å². The van der Waals surface area contributed by atoms with Gasteiger partial charge in [0.25, 0.3) is 0 Å². The molecule has 0 spiro atoms. The third-order valence-corrected chi connectivity index (χ3v) is 3.46. The van der Waals surface area contributed by atoms with Crippen molar-refractivity contribution in [1.29, 1.82) is 5.41 Å². The SMILES string of the molecule is C=Nc1ccccc1N(C)N(C)n1c(C)cnc(C)c1=N. The van der Waals surface area contributed by atoms with Crippen molar-refractivity contribution in [1.82, 2.24) is 9.66 Å². The summed E-state index contributed by atoms with van der Waals surface area (Å²) in [6.07, 6.45) is 1.76. The van der Waals surface area contributed by atoms with Crippen molar-refractivity contribution < 1.29 is 0 Å². The van der Waals surface area contributed by atoms with Gasteiger partial charge in [-0.1, -0.05) is 12.1 Å². The molecule has 0 radical (unpaired) electrons. The van der Waals surface area contributed by atoms with Crippen LogP contribution in [0.25, 0.3) is 0 Å². The van der Waals surface area contributed by atoms with Gasteiger partial charge in [-0.05, 0) is 32.7 Å². The summed E-state index contributed by atoms with van der Waals surface area (Å²) in [5, 5.41) is 12.0. The second-order valence-electron chi connectivity index (χ2n) is 4.81. The fourth-order valence-corrected chi connectivity index (χ4v) is 2.17. The molecule has 1 aromatic heterocycles. The number of hydrogen-bond donors (Lipinski definition) is 1. The zero-order valence-electron chi connectivity index (χ0n) is 12.8. The number of nitrogens with zero attached hydrogens (tertiary/aromatic N) is 5. The molecule has 2 rings (SSSR count). The number of aromatic nitrogens is 2. The Bertz CT molecular complexity index is 718. The normalized spacial score (nSPS) is 10.3. The van der Waals surface area contributed by atoms with E-state index in [9.17, 15) is 0 Å². The smallest absolute Gasteiger partial charge is 0.167 e. The van der Waals surface area contributed by atoms with E-state index in [1.165, 1.54) is 0 Å². The van der Waals surface area contributed by atoms with Crippen molar-refractivity contribution in [2.45, 2.75) is 13.8 Å². The first-order valence-corrected chi connectivity index (χ1v) is 6.60. The number of nitrogens with one attached hydrogen (secondary N) is 1. The first-order chi connectivity index (χ1) is 9.97. The maximum atomic E-state index is 8.22. The van der Waals surface area contributed by atoms with Gasteiger partial charge in [0.2, 0.25) is 0 Å². The standard InChI is InChI=1S/C15H20N6/c1-11-10-18-12(2)15(16)21(11)20(5)19(4)14-9-7-6-8-13(14)17-3/h6-10,16H,3H2,1-2,4-5H3. The number of hydrazine groups is 1. The summed E-state index contributed by atoms with van der Waals surface area (Å²) in [7, 11) is 3.82. The van der Waals surface area contributed by atoms with Crippen LogP contribution >= 0.6 is 0 Å². The molecule has 1 aromatic carbocycles. The quantitative estimate of drug-likeness (QED) is 0.689. The highest BCUT2D eigenvalue weighted by Crippen LogP contribution is 2.27. The molecule has 21 heavy (non-hydrogen) atoms. The lowest BCUT2D eigenvalue weighted by molar-refractivity contribution is 0.577. The Morgan fingerprint density at radius 1 is 1.24 bits per heavy atom. The van der Waals surface area contributed by atoms with Gasteiger partial charge < -0.3 is 0 Å². The van der Waals surface area contributed by atoms with E-state index in [0.717, 1.165) is 17.1 Å². The molecule has 0 saturated carbocycles. The van der Waals surface area contributed by atoms with Gasteiger partial charge in [0.15, 0.2) is 5.49 Å². The first kappa shape index (κ1) is 14.8. The van der Waals surface area contributed by atoms with Gasteiger partial charge in [-0.15, -0.1) is 0 Å². The second-order valence-corrected chi connectivity index (χ2v) is 4.81. The Morgan fingerprint density at radius 2 is 1.90 bits per heavy atom. The van der Waals surface area contributed by atoms with Crippen molar-refractivity contribution in [3.05, 3.63) is 47.3 Å². The van der Waals surface area contributed by atoms with Crippen LogP contribution in [0.1, 0.15) is 11.4 Å². The van der Waals surface area contributed by atoms with Gasteiger partial charge in [-0.25, -0.2) is 9.79 Å². The van der Waals surface area contributed by atoms with Gasteiger partial charge in [-0.2, -0.15) is 0 Å². The van der Waals surface area contributed by atoms with E-state index in [1.807, 2.05) is 62.3 Å². The first-order valence-electron chi connectivity index (χ1n) is 6.60. The molecule has 1 heterocycles. The summed E-state index contributed by atoms with van der Waals surface area (Å²) in [4.78, 5) is 8.25. The van der Waals surface area contributed by atoms with Crippen molar-refractivity contribution in [2.24, 2.45) is 4.99 Å². The maximum absolute atomic E-state index is 8.22. The fourth-order valence-electron chi connectivity index (χ4n) is 2.17. The number of aryl methyl sites for hydroxylation is 2. The van der Waals surface area contributed by atoms with Crippen molar-refractivity contribution in [3.63, 3.8) is 0 Å². The van der Waals surface area contributed by atoms with E-state index in [1.54, 1.807) is 10.9 Å². The van der Waals surface area contributed by atoms with Gasteiger partial charge in [-0.3, -0.25) is 20.4 Å². The molecule has 0 saturated heterocycles. The van der Waals surface area contributed by atoms with Crippen LogP contribution < -0.4 is 15.6 Å². The maximum Gasteiger partial charge on any atom is 0.167 e. The molecule has 110 valence electrons. The van der Waals surface area contributed by atoms with Crippen LogP contribution in [0.2, 0.25) is 0 Å². The number of anilines is 1. The lowest BCUT2D eigenvalue weighted by Gasteiger charge is -2.35. The minimum absolute atomic E-state index is 0.355. The Morgan fingerprint density at radius 3 is 2.57 bits per heavy atom. The van der Waals surface area contributed by atoms with Crippen LogP contribution in [0.15, 0.2) is 35.5 Å². The van der Waals surface area contributed by atoms with Gasteiger partial charge in [0.1, 0.15) is 0 Å². The lowest BCUT2D eigenvalue weighted by atomic mass is 10.2. The summed E-state index contributed by atoms with van der Waals surface area (Å²) < 4.78 is 1.79. The zero-order valence-corrected chi connectivity index (χ0v) is 12.8. The molecule has 6 nitrogen and oxygen atoms in total. The molecule has 0 aliphatic heterocycles. The monoisotopic (exact) mass is 284 g/mol. The Balaban J connectivity index is 2.50. The highest BCUT2D eigenvalue weighted by atomic mass is 15.8. The molecule has 0 aliphatic carbocycles. The fraction of sp³-hybridized carbons (Fsp3) is 0.267. The largest absolute Gasteiger partial charge is 0.281 e. The Hall–Kier alpha value is -2.63. The van der Waals surface area contributed by atoms with Crippen LogP contribution in [0, 0.1) is 19.3 Å². The predicted molar refractivity (Wildman–Crippen MR) is 85.8 cm³/mol. The van der Waals surface area contributed by atoms with Crippen molar-refractivity contribution in [3.8, 4) is 0 Å². The topological polar surface area (TPSA) is 60.5 Å². The second kappa shape index (κ2) is 5.78. The number of aliphatic imine (C=N–C) groups is 1. The number of rotatable bonds is 4. The third-order valence-electron chi connectivity index (χ3n) is 3.46. The van der Waals surface area contributed by atoms with Crippen molar-refractivity contribution >= 4 is 18.1 Å². The molecule has 0 amide bonds. The summed E-state index contributed by atoms with van der Waals surface area (Å²) in [5.74, 6) is 0. The molecular formula is C15H20N6. The van der Waals surface area contributed by atoms with Crippen LogP contribution in [0.5, 0.6) is 0 Å². The van der Waals surface area contributed by atoms with Gasteiger partial charge in [0, 0.05) is 20.3 Å². The molecule has 2 aromatic rings. The predicted octanol–water partition coefficient (Wildman–Crippen LogP) is 1.93. The highest BCUT2D eigenvalue weighted by Gasteiger charge is 2.14. The Labute approximate surface area is 124 Å². The van der Waals surface area contributed by atoms with Gasteiger partial charge in [0.05, 0.1) is 22.8 Å². The van der Waals surface area contributed by atoms with Crippen LogP contribution in [0.3, 0.4) is 0 Å². The number of hydrogen-bond acceptors (Lipinski definition) is 5. The summed E-state index contributed by atoms with van der Waals surface area (Å²) in [5.41, 5.74) is 3.62. The third kappa shape index (κ3) is 2.65. The van der Waals surface area contributed by atoms with Gasteiger partial charge >= 0.3 is 0 Å². The average Bonchev–Trinajstić information content (AvgIpc) is 2.50. The molecule has 0 aliphatic rings. The molecular weight excluding hydrogens is 264 g/mol. The summed E-state index contributed by atoms with van der Waals surface area (Å²) >= 11 is 0.